The Bertz CT molecular complexity index is 2690. The molecule has 0 aliphatic heterocycles. The molecule has 0 bridgehead atoms. The Balaban J connectivity index is 1.11. The summed E-state index contributed by atoms with van der Waals surface area (Å²) in [5.74, 6) is 3.55. The van der Waals surface area contributed by atoms with Crippen molar-refractivity contribution < 1.29 is 0 Å². The molecule has 54 heavy (non-hydrogen) atoms. The zero-order chi connectivity index (χ0) is 36.3. The highest BCUT2D eigenvalue weighted by Crippen LogP contribution is 2.33. The van der Waals surface area contributed by atoms with Crippen LogP contribution in [0, 0.1) is 11.3 Å². The summed E-state index contributed by atoms with van der Waals surface area (Å²) in [7, 11) is 0. The normalized spacial score (nSPS) is 10.9. The molecule has 9 aromatic rings. The molecule has 7 heteroatoms. The molecule has 2 aromatic heterocycles. The van der Waals surface area contributed by atoms with E-state index in [1.54, 1.807) is 0 Å². The first-order valence-corrected chi connectivity index (χ1v) is 17.5. The smallest absolute Gasteiger partial charge is 0.164 e. The van der Waals surface area contributed by atoms with Gasteiger partial charge in [-0.15, -0.1) is 0 Å². The molecule has 0 spiro atoms. The molecule has 0 radical (unpaired) electrons. The van der Waals surface area contributed by atoms with Gasteiger partial charge in [-0.3, -0.25) is 0 Å². The lowest BCUT2D eigenvalue weighted by molar-refractivity contribution is 1.07. The highest BCUT2D eigenvalue weighted by molar-refractivity contribution is 5.93. The summed E-state index contributed by atoms with van der Waals surface area (Å²) in [6, 6.07) is 60.2. The van der Waals surface area contributed by atoms with Gasteiger partial charge in [0.1, 0.15) is 0 Å². The van der Waals surface area contributed by atoms with Crippen LogP contribution in [0.5, 0.6) is 0 Å². The average molecular weight is 692 g/mol. The molecule has 0 saturated heterocycles. The largest absolute Gasteiger partial charge is 0.208 e. The van der Waals surface area contributed by atoms with Crippen molar-refractivity contribution in [2.75, 3.05) is 0 Å². The van der Waals surface area contributed by atoms with Crippen molar-refractivity contribution in [2.45, 2.75) is 0 Å². The van der Waals surface area contributed by atoms with Gasteiger partial charge in [-0.2, -0.15) is 5.26 Å². The molecular formula is C47H29N7. The lowest BCUT2D eigenvalue weighted by atomic mass is 9.94. The molecule has 9 rings (SSSR count). The van der Waals surface area contributed by atoms with Crippen molar-refractivity contribution in [1.82, 2.24) is 29.9 Å². The van der Waals surface area contributed by atoms with E-state index < -0.39 is 0 Å². The average Bonchev–Trinajstić information content (AvgIpc) is 3.26. The third kappa shape index (κ3) is 6.47. The van der Waals surface area contributed by atoms with E-state index in [4.69, 9.17) is 29.9 Å². The molecular weight excluding hydrogens is 663 g/mol. The van der Waals surface area contributed by atoms with E-state index >= 15 is 0 Å². The molecule has 0 N–H and O–H groups in total. The lowest BCUT2D eigenvalue weighted by Crippen LogP contribution is -2.00. The molecule has 252 valence electrons. The molecule has 7 nitrogen and oxygen atoms in total. The number of nitrogens with zero attached hydrogens (tertiary/aromatic N) is 7. The minimum Gasteiger partial charge on any atom is -0.208 e. The van der Waals surface area contributed by atoms with Crippen LogP contribution in [-0.4, -0.2) is 29.9 Å². The predicted octanol–water partition coefficient (Wildman–Crippen LogP) is 10.8. The monoisotopic (exact) mass is 691 g/mol. The zero-order valence-electron chi connectivity index (χ0n) is 28.9. The predicted molar refractivity (Wildman–Crippen MR) is 213 cm³/mol. The Kier molecular flexibility index (Phi) is 8.44. The van der Waals surface area contributed by atoms with Gasteiger partial charge >= 0.3 is 0 Å². The first-order chi connectivity index (χ1) is 26.7. The maximum absolute atomic E-state index is 10.3. The number of nitriles is 1. The second-order valence-electron chi connectivity index (χ2n) is 12.7. The van der Waals surface area contributed by atoms with Crippen molar-refractivity contribution in [3.05, 3.63) is 181 Å². The van der Waals surface area contributed by atoms with Crippen LogP contribution in [0.2, 0.25) is 0 Å². The van der Waals surface area contributed by atoms with Crippen LogP contribution in [-0.2, 0) is 0 Å². The molecule has 0 fully saturated rings. The van der Waals surface area contributed by atoms with Gasteiger partial charge in [-0.1, -0.05) is 158 Å². The molecule has 0 unspecified atom stereocenters. The standard InChI is InChI=1S/C47H29N7/c48-30-40-27-37-25-26-38(47-53-44(34-17-9-3-10-18-34)50-45(54-47)35-19-11-4-12-20-35)28-39(37)29-41(40)31-21-23-36(24-22-31)46-51-42(32-13-5-1-6-14-32)49-43(52-46)33-15-7-2-8-16-33/h1-29H. The third-order valence-electron chi connectivity index (χ3n) is 9.21. The van der Waals surface area contributed by atoms with Crippen LogP contribution in [0.25, 0.3) is 90.2 Å². The van der Waals surface area contributed by atoms with Gasteiger partial charge < -0.3 is 0 Å². The summed E-state index contributed by atoms with van der Waals surface area (Å²) in [5.41, 5.74) is 7.65. The first-order valence-electron chi connectivity index (χ1n) is 17.5. The van der Waals surface area contributed by atoms with Crippen LogP contribution < -0.4 is 0 Å². The van der Waals surface area contributed by atoms with Gasteiger partial charge in [0.2, 0.25) is 0 Å². The fraction of sp³-hybridized carbons (Fsp3) is 0. The van der Waals surface area contributed by atoms with Gasteiger partial charge in [-0.05, 0) is 34.5 Å². The summed E-state index contributed by atoms with van der Waals surface area (Å²) >= 11 is 0. The van der Waals surface area contributed by atoms with Crippen LogP contribution in [0.15, 0.2) is 176 Å². The maximum Gasteiger partial charge on any atom is 0.164 e. The number of fused-ring (bicyclic) bond motifs is 1. The molecule has 7 aromatic carbocycles. The number of hydrogen-bond acceptors (Lipinski definition) is 7. The van der Waals surface area contributed by atoms with E-state index in [-0.39, 0.29) is 0 Å². The topological polar surface area (TPSA) is 101 Å². The Hall–Kier alpha value is -7.69. The number of aromatic nitrogens is 6. The molecule has 0 atom stereocenters. The maximum atomic E-state index is 10.3. The Morgan fingerprint density at radius 1 is 0.296 bits per heavy atom. The molecule has 0 aliphatic rings. The Morgan fingerprint density at radius 3 is 1.02 bits per heavy atom. The summed E-state index contributed by atoms with van der Waals surface area (Å²) < 4.78 is 0. The van der Waals surface area contributed by atoms with Crippen molar-refractivity contribution in [3.8, 4) is 85.5 Å². The summed E-state index contributed by atoms with van der Waals surface area (Å²) in [4.78, 5) is 29.2. The quantitative estimate of drug-likeness (QED) is 0.164. The molecule has 2 heterocycles. The molecule has 0 amide bonds. The van der Waals surface area contributed by atoms with Gasteiger partial charge in [0, 0.05) is 38.9 Å². The highest BCUT2D eigenvalue weighted by atomic mass is 15.0. The van der Waals surface area contributed by atoms with Crippen LogP contribution in [0.4, 0.5) is 0 Å². The van der Waals surface area contributed by atoms with E-state index in [2.05, 4.69) is 18.2 Å². The van der Waals surface area contributed by atoms with Crippen molar-refractivity contribution in [2.24, 2.45) is 0 Å². The van der Waals surface area contributed by atoms with Crippen molar-refractivity contribution in [3.63, 3.8) is 0 Å². The Morgan fingerprint density at radius 2 is 0.630 bits per heavy atom. The van der Waals surface area contributed by atoms with E-state index in [9.17, 15) is 5.26 Å². The first kappa shape index (κ1) is 32.2. The van der Waals surface area contributed by atoms with Gasteiger partial charge in [0.05, 0.1) is 11.6 Å². The zero-order valence-corrected chi connectivity index (χ0v) is 28.9. The minimum absolute atomic E-state index is 0.569. The highest BCUT2D eigenvalue weighted by Gasteiger charge is 2.16. The van der Waals surface area contributed by atoms with E-state index in [1.165, 1.54) is 0 Å². The van der Waals surface area contributed by atoms with Crippen molar-refractivity contribution in [1.29, 1.82) is 5.26 Å². The Labute approximate surface area is 312 Å². The summed E-state index contributed by atoms with van der Waals surface area (Å²) in [6.45, 7) is 0. The molecule has 0 aliphatic carbocycles. The third-order valence-corrected chi connectivity index (χ3v) is 9.21. The van der Waals surface area contributed by atoms with Crippen molar-refractivity contribution >= 4 is 10.8 Å². The fourth-order valence-electron chi connectivity index (χ4n) is 6.44. The van der Waals surface area contributed by atoms with E-state index in [0.29, 0.717) is 40.5 Å². The number of hydrogen-bond donors (Lipinski definition) is 0. The van der Waals surface area contributed by atoms with Crippen LogP contribution in [0.3, 0.4) is 0 Å². The fourth-order valence-corrected chi connectivity index (χ4v) is 6.44. The minimum atomic E-state index is 0.569. The SMILES string of the molecule is N#Cc1cc2ccc(-c3nc(-c4ccccc4)nc(-c4ccccc4)n3)cc2cc1-c1ccc(-c2nc(-c3ccccc3)nc(-c3ccccc3)n2)cc1. The van der Waals surface area contributed by atoms with Gasteiger partial charge in [-0.25, -0.2) is 29.9 Å². The van der Waals surface area contributed by atoms with Crippen LogP contribution in [0.1, 0.15) is 5.56 Å². The van der Waals surface area contributed by atoms with Gasteiger partial charge in [0.15, 0.2) is 34.9 Å². The number of rotatable bonds is 7. The second kappa shape index (κ2) is 14.1. The summed E-state index contributed by atoms with van der Waals surface area (Å²) in [6.07, 6.45) is 0. The molecule has 0 saturated carbocycles. The van der Waals surface area contributed by atoms with E-state index in [1.807, 2.05) is 164 Å². The lowest BCUT2D eigenvalue weighted by Gasteiger charge is -2.11. The second-order valence-corrected chi connectivity index (χ2v) is 12.7. The van der Waals surface area contributed by atoms with Gasteiger partial charge in [0.25, 0.3) is 0 Å². The number of benzene rings is 7. The van der Waals surface area contributed by atoms with Crippen LogP contribution >= 0.6 is 0 Å². The van der Waals surface area contributed by atoms with E-state index in [0.717, 1.165) is 55.3 Å². The summed E-state index contributed by atoms with van der Waals surface area (Å²) in [5, 5.41) is 12.2.